The summed E-state index contributed by atoms with van der Waals surface area (Å²) < 4.78 is 40.4. The molecule has 1 rings (SSSR count). The molecule has 0 fully saturated rings. The molecule has 0 spiro atoms. The second-order valence-electron chi connectivity index (χ2n) is 3.58. The summed E-state index contributed by atoms with van der Waals surface area (Å²) in [7, 11) is 0. The summed E-state index contributed by atoms with van der Waals surface area (Å²) in [6.45, 7) is 0. The second kappa shape index (κ2) is 7.43. The number of carbonyl (C=O) groups excluding carboxylic acids is 1. The minimum atomic E-state index is -4.78. The van der Waals surface area contributed by atoms with Gasteiger partial charge in [-0.1, -0.05) is 0 Å². The maximum atomic E-state index is 12.2. The van der Waals surface area contributed by atoms with Crippen LogP contribution < -0.4 is 4.74 Å². The lowest BCUT2D eigenvalue weighted by Gasteiger charge is -2.09. The largest absolute Gasteiger partial charge is 0.573 e. The fourth-order valence-electron chi connectivity index (χ4n) is 1.43. The number of Topliss-reactive ketones (excluding diaryl/α,β-unsaturated/α-hetero) is 1. The number of hydrogen-bond donors (Lipinski definition) is 0. The molecule has 3 nitrogen and oxygen atoms in total. The highest BCUT2D eigenvalue weighted by Crippen LogP contribution is 2.29. The third kappa shape index (κ3) is 5.02. The van der Waals surface area contributed by atoms with E-state index in [4.69, 9.17) is 5.26 Å². The molecule has 0 aromatic heterocycles. The molecule has 0 saturated carbocycles. The number of nitriles is 1. The fourth-order valence-corrected chi connectivity index (χ4v) is 2.78. The van der Waals surface area contributed by atoms with Crippen LogP contribution >= 0.6 is 23.5 Å². The van der Waals surface area contributed by atoms with Gasteiger partial charge in [-0.25, -0.2) is 0 Å². The molecule has 0 aliphatic rings. The van der Waals surface area contributed by atoms with E-state index in [0.717, 1.165) is 12.1 Å². The number of rotatable bonds is 5. The quantitative estimate of drug-likeness (QED) is 0.458. The number of alkyl halides is 3. The molecule has 0 aliphatic carbocycles. The number of ketones is 1. The molecule has 112 valence electrons. The first-order valence-electron chi connectivity index (χ1n) is 5.45. The van der Waals surface area contributed by atoms with E-state index in [2.05, 4.69) is 4.74 Å². The van der Waals surface area contributed by atoms with E-state index >= 15 is 0 Å². The van der Waals surface area contributed by atoms with Gasteiger partial charge in [0.15, 0.2) is 0 Å². The van der Waals surface area contributed by atoms with Crippen LogP contribution in [0.25, 0.3) is 0 Å². The minimum absolute atomic E-state index is 0.0283. The first kappa shape index (κ1) is 17.5. The van der Waals surface area contributed by atoms with E-state index in [1.807, 2.05) is 6.07 Å². The molecule has 0 N–H and O–H groups in total. The van der Waals surface area contributed by atoms with E-state index in [1.54, 1.807) is 12.5 Å². The van der Waals surface area contributed by atoms with Crippen molar-refractivity contribution in [3.8, 4) is 11.8 Å². The molecular weight excluding hydrogens is 323 g/mol. The number of ether oxygens (including phenoxy) is 1. The number of allylic oxidation sites excluding steroid dienone is 1. The van der Waals surface area contributed by atoms with E-state index in [-0.39, 0.29) is 11.1 Å². The first-order chi connectivity index (χ1) is 9.82. The van der Waals surface area contributed by atoms with Crippen molar-refractivity contribution in [3.05, 3.63) is 39.6 Å². The zero-order valence-corrected chi connectivity index (χ0v) is 12.7. The average Bonchev–Trinajstić information content (AvgIpc) is 2.43. The summed E-state index contributed by atoms with van der Waals surface area (Å²) in [5.74, 6) is -0.953. The normalized spacial score (nSPS) is 10.7. The van der Waals surface area contributed by atoms with Crippen LogP contribution in [0.4, 0.5) is 13.2 Å². The van der Waals surface area contributed by atoms with Crippen LogP contribution in [0, 0.1) is 11.3 Å². The zero-order valence-electron chi connectivity index (χ0n) is 11.0. The molecular formula is C13H10F3NO2S2. The molecule has 0 amide bonds. The second-order valence-corrected chi connectivity index (χ2v) is 5.48. The summed E-state index contributed by atoms with van der Waals surface area (Å²) in [4.78, 5) is 12.2. The van der Waals surface area contributed by atoms with Crippen LogP contribution in [0.15, 0.2) is 34.1 Å². The fraction of sp³-hybridized carbons (Fsp3) is 0.231. The van der Waals surface area contributed by atoms with Gasteiger partial charge in [0.2, 0.25) is 5.78 Å². The summed E-state index contributed by atoms with van der Waals surface area (Å²) in [5.41, 5.74) is 0.0983. The Balaban J connectivity index is 3.04. The van der Waals surface area contributed by atoms with Gasteiger partial charge in [-0.2, -0.15) is 5.26 Å². The standard InChI is InChI=1S/C13H10F3NO2S2/c1-20-12(21-2)10(7-17)11(18)8-3-5-9(6-4-8)19-13(14,15)16/h3-6H,1-2H3. The Hall–Kier alpha value is -1.59. The maximum Gasteiger partial charge on any atom is 0.573 e. The number of halogens is 3. The highest BCUT2D eigenvalue weighted by Gasteiger charge is 2.31. The molecule has 0 atom stereocenters. The summed E-state index contributed by atoms with van der Waals surface area (Å²) in [5, 5.41) is 9.07. The van der Waals surface area contributed by atoms with Crippen molar-refractivity contribution in [2.45, 2.75) is 6.36 Å². The van der Waals surface area contributed by atoms with Gasteiger partial charge in [0.25, 0.3) is 0 Å². The molecule has 0 bridgehead atoms. The number of benzene rings is 1. The number of hydrogen-bond acceptors (Lipinski definition) is 5. The Morgan fingerprint density at radius 2 is 1.71 bits per heavy atom. The Labute approximate surface area is 128 Å². The van der Waals surface area contributed by atoms with E-state index in [0.29, 0.717) is 4.24 Å². The van der Waals surface area contributed by atoms with Crippen LogP contribution in [0.3, 0.4) is 0 Å². The maximum absolute atomic E-state index is 12.2. The van der Waals surface area contributed by atoms with E-state index in [1.165, 1.54) is 35.7 Å². The van der Waals surface area contributed by atoms with Crippen LogP contribution in [0.2, 0.25) is 0 Å². The predicted molar refractivity (Wildman–Crippen MR) is 77.1 cm³/mol. The average molecular weight is 333 g/mol. The first-order valence-corrected chi connectivity index (χ1v) is 7.90. The third-order valence-corrected chi connectivity index (χ3v) is 4.41. The van der Waals surface area contributed by atoms with Gasteiger partial charge in [0.05, 0.1) is 4.24 Å². The molecule has 8 heteroatoms. The van der Waals surface area contributed by atoms with Crippen LogP contribution in [0.5, 0.6) is 5.75 Å². The van der Waals surface area contributed by atoms with Crippen LogP contribution in [-0.4, -0.2) is 24.7 Å². The van der Waals surface area contributed by atoms with Crippen molar-refractivity contribution in [3.63, 3.8) is 0 Å². The lowest BCUT2D eigenvalue weighted by atomic mass is 10.1. The highest BCUT2D eigenvalue weighted by molar-refractivity contribution is 8.21. The monoisotopic (exact) mass is 333 g/mol. The zero-order chi connectivity index (χ0) is 16.0. The van der Waals surface area contributed by atoms with Crippen LogP contribution in [-0.2, 0) is 0 Å². The molecule has 0 heterocycles. The van der Waals surface area contributed by atoms with Crippen molar-refractivity contribution in [2.75, 3.05) is 12.5 Å². The van der Waals surface area contributed by atoms with Crippen molar-refractivity contribution >= 4 is 29.3 Å². The topological polar surface area (TPSA) is 50.1 Å². The van der Waals surface area contributed by atoms with E-state index < -0.39 is 17.9 Å². The molecule has 1 aromatic rings. The Morgan fingerprint density at radius 3 is 2.10 bits per heavy atom. The van der Waals surface area contributed by atoms with Gasteiger partial charge < -0.3 is 4.74 Å². The molecule has 21 heavy (non-hydrogen) atoms. The molecule has 0 aliphatic heterocycles. The number of carbonyl (C=O) groups is 1. The third-order valence-electron chi connectivity index (χ3n) is 2.26. The van der Waals surface area contributed by atoms with Gasteiger partial charge in [-0.3, -0.25) is 4.79 Å². The summed E-state index contributed by atoms with van der Waals surface area (Å²) >= 11 is 2.52. The molecule has 1 aromatic carbocycles. The lowest BCUT2D eigenvalue weighted by Crippen LogP contribution is -2.17. The summed E-state index contributed by atoms with van der Waals surface area (Å²) in [6, 6.07) is 6.29. The number of nitrogens with zero attached hydrogens (tertiary/aromatic N) is 1. The Kier molecular flexibility index (Phi) is 6.18. The number of thioether (sulfide) groups is 2. The van der Waals surface area contributed by atoms with Crippen molar-refractivity contribution in [2.24, 2.45) is 0 Å². The SMILES string of the molecule is CSC(SC)=C(C#N)C(=O)c1ccc(OC(F)(F)F)cc1. The van der Waals surface area contributed by atoms with Gasteiger partial charge in [-0.15, -0.1) is 36.7 Å². The van der Waals surface area contributed by atoms with Crippen LogP contribution in [0.1, 0.15) is 10.4 Å². The van der Waals surface area contributed by atoms with Gasteiger partial charge in [0, 0.05) is 5.56 Å². The molecule has 0 saturated heterocycles. The minimum Gasteiger partial charge on any atom is -0.406 e. The van der Waals surface area contributed by atoms with Crippen molar-refractivity contribution in [1.82, 2.24) is 0 Å². The Bertz CT molecular complexity index is 583. The van der Waals surface area contributed by atoms with Gasteiger partial charge in [0.1, 0.15) is 17.4 Å². The lowest BCUT2D eigenvalue weighted by molar-refractivity contribution is -0.274. The summed E-state index contributed by atoms with van der Waals surface area (Å²) in [6.07, 6.45) is -1.32. The molecule has 0 unspecified atom stereocenters. The highest BCUT2D eigenvalue weighted by atomic mass is 32.2. The van der Waals surface area contributed by atoms with Gasteiger partial charge in [-0.05, 0) is 36.8 Å². The van der Waals surface area contributed by atoms with Crippen molar-refractivity contribution < 1.29 is 22.7 Å². The van der Waals surface area contributed by atoms with E-state index in [9.17, 15) is 18.0 Å². The van der Waals surface area contributed by atoms with Crippen molar-refractivity contribution in [1.29, 1.82) is 5.26 Å². The molecule has 0 radical (unpaired) electrons. The predicted octanol–water partition coefficient (Wildman–Crippen LogP) is 4.23. The Morgan fingerprint density at radius 1 is 1.19 bits per heavy atom. The smallest absolute Gasteiger partial charge is 0.406 e. The van der Waals surface area contributed by atoms with Gasteiger partial charge >= 0.3 is 6.36 Å².